The molecule has 0 saturated carbocycles. The van der Waals surface area contributed by atoms with Crippen LogP contribution in [0.25, 0.3) is 0 Å². The molecule has 19 heavy (non-hydrogen) atoms. The van der Waals surface area contributed by atoms with Crippen molar-refractivity contribution < 1.29 is 28.9 Å². The van der Waals surface area contributed by atoms with Crippen LogP contribution in [0.3, 0.4) is 0 Å². The van der Waals surface area contributed by atoms with E-state index in [1.54, 1.807) is 6.07 Å². The second-order valence-electron chi connectivity index (χ2n) is 4.35. The quantitative estimate of drug-likeness (QED) is 0.416. The molecule has 0 bridgehead atoms. The third kappa shape index (κ3) is 7.25. The number of para-hydroxylation sites is 1. The molecule has 0 aromatic heterocycles. The average molecular weight is 368 g/mol. The van der Waals surface area contributed by atoms with Crippen molar-refractivity contribution >= 4 is 29.7 Å². The predicted octanol–water partition coefficient (Wildman–Crippen LogP) is 3.88. The zero-order chi connectivity index (χ0) is 13.6. The Morgan fingerprint density at radius 2 is 1.79 bits per heavy atom. The van der Waals surface area contributed by atoms with Gasteiger partial charge < -0.3 is 21.7 Å². The van der Waals surface area contributed by atoms with E-state index in [0.29, 0.717) is 11.7 Å². The fourth-order valence-electron chi connectivity index (χ4n) is 2.17. The fraction of sp³-hybridized carbons (Fsp3) is 0.538. The molecule has 0 amide bonds. The first-order chi connectivity index (χ1) is 8.48. The molecule has 102 valence electrons. The topological polar surface area (TPSA) is 32.3 Å². The monoisotopic (exact) mass is 366 g/mol. The molecule has 0 aliphatic rings. The summed E-state index contributed by atoms with van der Waals surface area (Å²) in [5, 5.41) is 0. The maximum absolute atomic E-state index is 11.5. The molecule has 0 radical (unpaired) electrons. The molecule has 2 nitrogen and oxygen atoms in total. The van der Waals surface area contributed by atoms with Crippen LogP contribution in [0, 0.1) is 0 Å². The SMILES string of the molecule is CCCC(CCC)c1ccccc1OP([O-])(=S)[S-].[Zn+2]. The van der Waals surface area contributed by atoms with Crippen molar-refractivity contribution in [2.75, 3.05) is 0 Å². The standard InChI is InChI=1S/C13H21O2PS2.Zn/c1-3-7-11(8-4-2)12-9-5-6-10-13(12)15-16(14,17)18;/h5-6,9-11H,3-4,7-8H2,1-2H3,(H2,14,17,18);/q;+2/p-2. The molecule has 1 atom stereocenters. The predicted molar refractivity (Wildman–Crippen MR) is 81.3 cm³/mol. The molecular weight excluding hydrogens is 349 g/mol. The van der Waals surface area contributed by atoms with Crippen LogP contribution in [0.2, 0.25) is 0 Å². The minimum absolute atomic E-state index is 0. The molecular formula is C13H19O2PS2Zn. The van der Waals surface area contributed by atoms with Gasteiger partial charge >= 0.3 is 19.5 Å². The summed E-state index contributed by atoms with van der Waals surface area (Å²) in [6.45, 7) is 4.33. The van der Waals surface area contributed by atoms with Crippen molar-refractivity contribution in [2.45, 2.75) is 45.4 Å². The fourth-order valence-corrected chi connectivity index (χ4v) is 3.06. The van der Waals surface area contributed by atoms with E-state index in [0.717, 1.165) is 31.2 Å². The van der Waals surface area contributed by atoms with Crippen LogP contribution in [-0.4, -0.2) is 0 Å². The van der Waals surface area contributed by atoms with Gasteiger partial charge in [-0.05, 0) is 30.4 Å². The maximum Gasteiger partial charge on any atom is 2.00 e. The van der Waals surface area contributed by atoms with Crippen molar-refractivity contribution in [1.82, 2.24) is 0 Å². The Labute approximate surface area is 139 Å². The molecule has 6 heteroatoms. The van der Waals surface area contributed by atoms with Crippen LogP contribution in [0.4, 0.5) is 0 Å². The Morgan fingerprint density at radius 1 is 1.26 bits per heavy atom. The van der Waals surface area contributed by atoms with E-state index >= 15 is 0 Å². The van der Waals surface area contributed by atoms with E-state index in [4.69, 9.17) is 28.6 Å². The van der Waals surface area contributed by atoms with Gasteiger partial charge in [-0.3, -0.25) is 0 Å². The van der Waals surface area contributed by atoms with E-state index in [1.807, 2.05) is 18.2 Å². The van der Waals surface area contributed by atoms with Crippen molar-refractivity contribution in [3.05, 3.63) is 29.8 Å². The van der Waals surface area contributed by atoms with Gasteiger partial charge in [-0.2, -0.15) is 0 Å². The van der Waals surface area contributed by atoms with Gasteiger partial charge in [-0.25, -0.2) is 0 Å². The van der Waals surface area contributed by atoms with Crippen molar-refractivity contribution in [1.29, 1.82) is 0 Å². The molecule has 0 spiro atoms. The van der Waals surface area contributed by atoms with Crippen LogP contribution < -0.4 is 9.42 Å². The Hall–Kier alpha value is 0.603. The van der Waals surface area contributed by atoms with Gasteiger partial charge in [0.15, 0.2) is 0 Å². The van der Waals surface area contributed by atoms with E-state index < -0.39 is 5.69 Å². The summed E-state index contributed by atoms with van der Waals surface area (Å²) in [4.78, 5) is 11.5. The van der Waals surface area contributed by atoms with E-state index in [2.05, 4.69) is 13.8 Å². The summed E-state index contributed by atoms with van der Waals surface area (Å²) < 4.78 is 5.29. The van der Waals surface area contributed by atoms with Crippen molar-refractivity contribution in [3.8, 4) is 5.75 Å². The minimum Gasteiger partial charge on any atom is -0.809 e. The first kappa shape index (κ1) is 19.6. The average Bonchev–Trinajstić information content (AvgIpc) is 2.27. The first-order valence-electron chi connectivity index (χ1n) is 6.28. The smallest absolute Gasteiger partial charge is 0.809 e. The van der Waals surface area contributed by atoms with Gasteiger partial charge in [-0.15, -0.1) is 0 Å². The van der Waals surface area contributed by atoms with Gasteiger partial charge in [0.05, 0.1) is 0 Å². The molecule has 0 saturated heterocycles. The van der Waals surface area contributed by atoms with E-state index in [1.165, 1.54) is 0 Å². The Bertz CT molecular complexity index is 417. The van der Waals surface area contributed by atoms with Gasteiger partial charge in [0.25, 0.3) is 0 Å². The molecule has 1 rings (SSSR count). The Balaban J connectivity index is 0.00000324. The third-order valence-corrected chi connectivity index (χ3v) is 3.71. The van der Waals surface area contributed by atoms with Crippen molar-refractivity contribution in [3.63, 3.8) is 0 Å². The number of benzene rings is 1. The second-order valence-corrected chi connectivity index (χ2v) is 9.01. The van der Waals surface area contributed by atoms with Crippen LogP contribution in [-0.2, 0) is 43.5 Å². The second kappa shape index (κ2) is 9.52. The molecule has 0 N–H and O–H groups in total. The van der Waals surface area contributed by atoms with Crippen molar-refractivity contribution in [2.24, 2.45) is 0 Å². The normalized spacial score (nSPS) is 13.7. The largest absolute Gasteiger partial charge is 2.00 e. The van der Waals surface area contributed by atoms with Gasteiger partial charge in [0, 0.05) is 0 Å². The Kier molecular flexibility index (Phi) is 9.83. The van der Waals surface area contributed by atoms with Crippen LogP contribution >= 0.6 is 5.69 Å². The van der Waals surface area contributed by atoms with Gasteiger partial charge in [0.1, 0.15) is 5.75 Å². The first-order valence-corrected chi connectivity index (χ1v) is 9.93. The van der Waals surface area contributed by atoms with Crippen LogP contribution in [0.15, 0.2) is 24.3 Å². The number of rotatable bonds is 7. The van der Waals surface area contributed by atoms with Gasteiger partial charge in [0.2, 0.25) is 0 Å². The minimum atomic E-state index is -3.33. The molecule has 1 unspecified atom stereocenters. The Morgan fingerprint density at radius 3 is 2.26 bits per heavy atom. The summed E-state index contributed by atoms with van der Waals surface area (Å²) in [5.41, 5.74) is -2.25. The number of hydrogen-bond acceptors (Lipinski definition) is 4. The third-order valence-electron chi connectivity index (χ3n) is 2.84. The van der Waals surface area contributed by atoms with E-state index in [-0.39, 0.29) is 19.5 Å². The van der Waals surface area contributed by atoms with Gasteiger partial charge in [-0.1, -0.05) is 62.4 Å². The number of hydrogen-bond donors (Lipinski definition) is 0. The van der Waals surface area contributed by atoms with Crippen LogP contribution in [0.5, 0.6) is 5.75 Å². The summed E-state index contributed by atoms with van der Waals surface area (Å²) in [5.74, 6) is 1.02. The zero-order valence-electron chi connectivity index (χ0n) is 11.5. The molecule has 0 fully saturated rings. The molecule has 1 aromatic carbocycles. The summed E-state index contributed by atoms with van der Waals surface area (Å²) in [6, 6.07) is 7.65. The summed E-state index contributed by atoms with van der Waals surface area (Å²) >= 11 is 9.38. The zero-order valence-corrected chi connectivity index (χ0v) is 17.0. The molecule has 0 aliphatic heterocycles. The summed E-state index contributed by atoms with van der Waals surface area (Å²) in [7, 11) is 0. The van der Waals surface area contributed by atoms with Crippen LogP contribution in [0.1, 0.15) is 51.0 Å². The van der Waals surface area contributed by atoms with E-state index in [9.17, 15) is 4.89 Å². The molecule has 1 aromatic rings. The maximum atomic E-state index is 11.5. The molecule has 0 aliphatic carbocycles. The molecule has 0 heterocycles. The summed E-state index contributed by atoms with van der Waals surface area (Å²) in [6.07, 6.45) is 4.40.